The molecule has 1 saturated heterocycles. The van der Waals surface area contributed by atoms with E-state index in [1.54, 1.807) is 20.8 Å². The summed E-state index contributed by atoms with van der Waals surface area (Å²) in [6.45, 7) is 5.32. The summed E-state index contributed by atoms with van der Waals surface area (Å²) >= 11 is 0. The van der Waals surface area contributed by atoms with Crippen molar-refractivity contribution < 1.29 is 9.59 Å². The fraction of sp³-hybridized carbons (Fsp3) is 0.714. The van der Waals surface area contributed by atoms with E-state index < -0.39 is 5.41 Å². The van der Waals surface area contributed by atoms with Crippen molar-refractivity contribution in [3.8, 4) is 0 Å². The summed E-state index contributed by atoms with van der Waals surface area (Å²) in [7, 11) is 0. The summed E-state index contributed by atoms with van der Waals surface area (Å²) in [6.07, 6.45) is 0. The molecule has 1 heterocycles. The fourth-order valence-corrected chi connectivity index (χ4v) is 0.906. The SMILES string of the molecule is C[C@H]1C(=O)NC(=O)C1(C)C. The summed E-state index contributed by atoms with van der Waals surface area (Å²) in [5, 5.41) is 2.28. The van der Waals surface area contributed by atoms with Gasteiger partial charge in [-0.1, -0.05) is 20.8 Å². The van der Waals surface area contributed by atoms with Gasteiger partial charge in [0.1, 0.15) is 0 Å². The van der Waals surface area contributed by atoms with Gasteiger partial charge in [0.25, 0.3) is 0 Å². The Kier molecular flexibility index (Phi) is 1.31. The maximum absolute atomic E-state index is 11.0. The van der Waals surface area contributed by atoms with Crippen LogP contribution in [0.2, 0.25) is 0 Å². The third kappa shape index (κ3) is 0.735. The standard InChI is InChI=1S/C7H11NO2/c1-4-5(9)8-6(10)7(4,2)3/h4H,1-3H3,(H,8,9,10)/t4-/m0/s1. The van der Waals surface area contributed by atoms with Gasteiger partial charge in [0, 0.05) is 5.92 Å². The molecular weight excluding hydrogens is 130 g/mol. The van der Waals surface area contributed by atoms with Gasteiger partial charge in [0.2, 0.25) is 11.8 Å². The van der Waals surface area contributed by atoms with Gasteiger partial charge >= 0.3 is 0 Å². The molecule has 1 aliphatic rings. The zero-order valence-electron chi connectivity index (χ0n) is 6.39. The van der Waals surface area contributed by atoms with Crippen molar-refractivity contribution in [3.05, 3.63) is 0 Å². The first-order chi connectivity index (χ1) is 4.46. The minimum Gasteiger partial charge on any atom is -0.296 e. The zero-order chi connectivity index (χ0) is 7.94. The Labute approximate surface area is 59.8 Å². The van der Waals surface area contributed by atoms with Gasteiger partial charge in [0.05, 0.1) is 5.41 Å². The lowest BCUT2D eigenvalue weighted by atomic mass is 9.82. The molecule has 0 radical (unpaired) electrons. The lowest BCUT2D eigenvalue weighted by Gasteiger charge is -2.16. The van der Waals surface area contributed by atoms with Gasteiger partial charge < -0.3 is 0 Å². The predicted molar refractivity (Wildman–Crippen MR) is 36.1 cm³/mol. The van der Waals surface area contributed by atoms with Crippen LogP contribution in [0, 0.1) is 11.3 Å². The molecular formula is C7H11NO2. The van der Waals surface area contributed by atoms with Crippen molar-refractivity contribution >= 4 is 11.8 Å². The molecule has 0 saturated carbocycles. The predicted octanol–water partition coefficient (Wildman–Crippen LogP) is 0.305. The van der Waals surface area contributed by atoms with Crippen LogP contribution in [0.3, 0.4) is 0 Å². The lowest BCUT2D eigenvalue weighted by molar-refractivity contribution is -0.127. The van der Waals surface area contributed by atoms with Crippen molar-refractivity contribution in [2.75, 3.05) is 0 Å². The normalized spacial score (nSPS) is 30.5. The molecule has 0 unspecified atom stereocenters. The van der Waals surface area contributed by atoms with Crippen molar-refractivity contribution in [2.24, 2.45) is 11.3 Å². The number of hydrogen-bond acceptors (Lipinski definition) is 2. The molecule has 1 fully saturated rings. The Balaban J connectivity index is 2.96. The van der Waals surface area contributed by atoms with Crippen LogP contribution in [0.1, 0.15) is 20.8 Å². The van der Waals surface area contributed by atoms with Gasteiger partial charge in [-0.2, -0.15) is 0 Å². The molecule has 0 aromatic carbocycles. The molecule has 1 rings (SSSR count). The van der Waals surface area contributed by atoms with E-state index in [1.165, 1.54) is 0 Å². The lowest BCUT2D eigenvalue weighted by Crippen LogP contribution is -2.27. The highest BCUT2D eigenvalue weighted by Gasteiger charge is 2.45. The Morgan fingerprint density at radius 3 is 2.00 bits per heavy atom. The minimum absolute atomic E-state index is 0.157. The molecule has 0 aliphatic carbocycles. The van der Waals surface area contributed by atoms with E-state index in [1.807, 2.05) is 0 Å². The smallest absolute Gasteiger partial charge is 0.233 e. The van der Waals surface area contributed by atoms with Crippen molar-refractivity contribution in [3.63, 3.8) is 0 Å². The van der Waals surface area contributed by atoms with Gasteiger partial charge in [-0.3, -0.25) is 14.9 Å². The van der Waals surface area contributed by atoms with E-state index in [9.17, 15) is 9.59 Å². The minimum atomic E-state index is -0.517. The Bertz CT molecular complexity index is 196. The molecule has 0 aromatic heterocycles. The number of imide groups is 1. The highest BCUT2D eigenvalue weighted by molar-refractivity contribution is 6.06. The van der Waals surface area contributed by atoms with Gasteiger partial charge in [-0.15, -0.1) is 0 Å². The second-order valence-electron chi connectivity index (χ2n) is 3.26. The number of nitrogens with one attached hydrogen (secondary N) is 1. The Hall–Kier alpha value is -0.860. The van der Waals surface area contributed by atoms with E-state index >= 15 is 0 Å². The van der Waals surface area contributed by atoms with E-state index in [2.05, 4.69) is 5.32 Å². The fourth-order valence-electron chi connectivity index (χ4n) is 0.906. The van der Waals surface area contributed by atoms with E-state index in [0.29, 0.717) is 0 Å². The van der Waals surface area contributed by atoms with E-state index in [0.717, 1.165) is 0 Å². The van der Waals surface area contributed by atoms with Crippen LogP contribution in [0.4, 0.5) is 0 Å². The summed E-state index contributed by atoms with van der Waals surface area (Å²) in [4.78, 5) is 21.9. The zero-order valence-corrected chi connectivity index (χ0v) is 6.39. The molecule has 1 atom stereocenters. The number of rotatable bonds is 0. The average molecular weight is 141 g/mol. The second kappa shape index (κ2) is 1.81. The Morgan fingerprint density at radius 1 is 1.40 bits per heavy atom. The first-order valence-electron chi connectivity index (χ1n) is 3.31. The largest absolute Gasteiger partial charge is 0.296 e. The van der Waals surface area contributed by atoms with Crippen LogP contribution in [0.25, 0.3) is 0 Å². The van der Waals surface area contributed by atoms with Gasteiger partial charge in [-0.05, 0) is 0 Å². The van der Waals surface area contributed by atoms with Crippen LogP contribution in [0.15, 0.2) is 0 Å². The van der Waals surface area contributed by atoms with Gasteiger partial charge in [-0.25, -0.2) is 0 Å². The second-order valence-corrected chi connectivity index (χ2v) is 3.26. The number of carbonyl (C=O) groups is 2. The molecule has 0 aromatic rings. The number of hydrogen-bond donors (Lipinski definition) is 1. The molecule has 2 amide bonds. The van der Waals surface area contributed by atoms with Crippen molar-refractivity contribution in [1.82, 2.24) is 5.32 Å². The third-order valence-corrected chi connectivity index (χ3v) is 2.30. The molecule has 56 valence electrons. The van der Waals surface area contributed by atoms with Crippen LogP contribution in [-0.4, -0.2) is 11.8 Å². The van der Waals surface area contributed by atoms with Crippen LogP contribution < -0.4 is 5.32 Å². The highest BCUT2D eigenvalue weighted by atomic mass is 16.2. The average Bonchev–Trinajstić information content (AvgIpc) is 1.97. The molecule has 3 nitrogen and oxygen atoms in total. The highest BCUT2D eigenvalue weighted by Crippen LogP contribution is 2.31. The van der Waals surface area contributed by atoms with Crippen molar-refractivity contribution in [2.45, 2.75) is 20.8 Å². The van der Waals surface area contributed by atoms with E-state index in [4.69, 9.17) is 0 Å². The number of carbonyl (C=O) groups excluding carboxylic acids is 2. The first kappa shape index (κ1) is 7.25. The molecule has 1 N–H and O–H groups in total. The van der Waals surface area contributed by atoms with Crippen LogP contribution >= 0.6 is 0 Å². The summed E-state index contributed by atoms with van der Waals surface area (Å²) in [5.41, 5.74) is -0.517. The quantitative estimate of drug-likeness (QED) is 0.493. The summed E-state index contributed by atoms with van der Waals surface area (Å²) in [6, 6.07) is 0. The monoisotopic (exact) mass is 141 g/mol. The van der Waals surface area contributed by atoms with Gasteiger partial charge in [0.15, 0.2) is 0 Å². The molecule has 0 spiro atoms. The maximum Gasteiger partial charge on any atom is 0.233 e. The third-order valence-electron chi connectivity index (χ3n) is 2.30. The molecule has 0 bridgehead atoms. The topological polar surface area (TPSA) is 46.2 Å². The Morgan fingerprint density at radius 2 is 1.90 bits per heavy atom. The first-order valence-corrected chi connectivity index (χ1v) is 3.31. The molecule has 10 heavy (non-hydrogen) atoms. The van der Waals surface area contributed by atoms with Crippen molar-refractivity contribution in [1.29, 1.82) is 0 Å². The maximum atomic E-state index is 11.0. The number of amides is 2. The van der Waals surface area contributed by atoms with Crippen LogP contribution in [-0.2, 0) is 9.59 Å². The summed E-state index contributed by atoms with van der Waals surface area (Å²) < 4.78 is 0. The molecule has 3 heteroatoms. The van der Waals surface area contributed by atoms with Crippen LogP contribution in [0.5, 0.6) is 0 Å². The van der Waals surface area contributed by atoms with E-state index in [-0.39, 0.29) is 17.7 Å². The molecule has 1 aliphatic heterocycles. The summed E-state index contributed by atoms with van der Waals surface area (Å²) in [5.74, 6) is -0.514.